The van der Waals surface area contributed by atoms with Crippen molar-refractivity contribution in [2.45, 2.75) is 26.7 Å². The number of aromatic nitrogens is 3. The van der Waals surface area contributed by atoms with Gasteiger partial charge in [0.15, 0.2) is 5.65 Å². The van der Waals surface area contributed by atoms with Crippen molar-refractivity contribution in [3.8, 4) is 5.69 Å². The minimum Gasteiger partial charge on any atom is -0.466 e. The maximum atomic E-state index is 13.2. The predicted octanol–water partition coefficient (Wildman–Crippen LogP) is 3.14. The largest absolute Gasteiger partial charge is 0.466 e. The number of rotatable bonds is 4. The van der Waals surface area contributed by atoms with Gasteiger partial charge >= 0.3 is 5.97 Å². The Labute approximate surface area is 169 Å². The van der Waals surface area contributed by atoms with Crippen LogP contribution in [-0.4, -0.2) is 51.0 Å². The lowest BCUT2D eigenvalue weighted by Gasteiger charge is -2.31. The summed E-state index contributed by atoms with van der Waals surface area (Å²) in [6, 6.07) is 9.41. The first-order valence-electron chi connectivity index (χ1n) is 9.93. The molecule has 1 atom stereocenters. The normalized spacial score (nSPS) is 16.8. The third-order valence-electron chi connectivity index (χ3n) is 5.35. The van der Waals surface area contributed by atoms with Crippen molar-refractivity contribution < 1.29 is 14.3 Å². The first kappa shape index (κ1) is 19.1. The molecule has 0 spiro atoms. The van der Waals surface area contributed by atoms with Crippen molar-refractivity contribution in [2.24, 2.45) is 5.92 Å². The number of hydrogen-bond donors (Lipinski definition) is 0. The van der Waals surface area contributed by atoms with Gasteiger partial charge in [-0.1, -0.05) is 6.07 Å². The number of ether oxygens (including phenoxy) is 1. The highest BCUT2D eigenvalue weighted by molar-refractivity contribution is 5.95. The van der Waals surface area contributed by atoms with E-state index < -0.39 is 0 Å². The molecule has 29 heavy (non-hydrogen) atoms. The molecule has 7 heteroatoms. The van der Waals surface area contributed by atoms with Gasteiger partial charge in [-0.3, -0.25) is 14.2 Å². The van der Waals surface area contributed by atoms with Gasteiger partial charge in [0.25, 0.3) is 5.91 Å². The SMILES string of the molecule is CCOC(=O)C1CCCN(C(=O)c2ccc(C)c(-n3cnc4cccnc43)c2)C1. The summed E-state index contributed by atoms with van der Waals surface area (Å²) < 4.78 is 7.05. The number of hydrogen-bond acceptors (Lipinski definition) is 5. The van der Waals surface area contributed by atoms with Crippen LogP contribution in [0.25, 0.3) is 16.9 Å². The van der Waals surface area contributed by atoms with Crippen LogP contribution in [0.15, 0.2) is 42.9 Å². The molecule has 1 aliphatic rings. The molecule has 1 amide bonds. The van der Waals surface area contributed by atoms with E-state index in [1.165, 1.54) is 0 Å². The number of carbonyl (C=O) groups excluding carboxylic acids is 2. The number of esters is 1. The molecule has 0 N–H and O–H groups in total. The Morgan fingerprint density at radius 3 is 2.93 bits per heavy atom. The number of nitrogens with zero attached hydrogens (tertiary/aromatic N) is 4. The Balaban J connectivity index is 1.62. The molecule has 3 aromatic rings. The summed E-state index contributed by atoms with van der Waals surface area (Å²) >= 11 is 0. The fraction of sp³-hybridized carbons (Fsp3) is 0.364. The second-order valence-electron chi connectivity index (χ2n) is 7.30. The summed E-state index contributed by atoms with van der Waals surface area (Å²) in [4.78, 5) is 35.8. The minimum absolute atomic E-state index is 0.0716. The van der Waals surface area contributed by atoms with E-state index in [-0.39, 0.29) is 17.8 Å². The van der Waals surface area contributed by atoms with E-state index in [1.807, 2.05) is 41.8 Å². The van der Waals surface area contributed by atoms with Gasteiger partial charge in [-0.25, -0.2) is 9.97 Å². The zero-order valence-corrected chi connectivity index (χ0v) is 16.7. The quantitative estimate of drug-likeness (QED) is 0.638. The van der Waals surface area contributed by atoms with Gasteiger partial charge in [0.1, 0.15) is 11.8 Å². The van der Waals surface area contributed by atoms with Crippen molar-refractivity contribution in [3.05, 3.63) is 54.0 Å². The fourth-order valence-electron chi connectivity index (χ4n) is 3.82. The van der Waals surface area contributed by atoms with Crippen LogP contribution in [0.2, 0.25) is 0 Å². The standard InChI is InChI=1S/C22H24N4O3/c1-3-29-22(28)17-6-5-11-25(13-17)21(27)16-9-8-15(2)19(12-16)26-14-24-18-7-4-10-23-20(18)26/h4,7-10,12,14,17H,3,5-6,11,13H2,1-2H3. The molecular weight excluding hydrogens is 368 g/mol. The number of carbonyl (C=O) groups is 2. The average Bonchev–Trinajstić information content (AvgIpc) is 3.18. The molecule has 1 saturated heterocycles. The van der Waals surface area contributed by atoms with Crippen LogP contribution >= 0.6 is 0 Å². The Bertz CT molecular complexity index is 1060. The molecule has 0 saturated carbocycles. The van der Waals surface area contributed by atoms with Gasteiger partial charge in [-0.2, -0.15) is 0 Å². The Hall–Kier alpha value is -3.22. The highest BCUT2D eigenvalue weighted by atomic mass is 16.5. The van der Waals surface area contributed by atoms with Crippen LogP contribution in [0.5, 0.6) is 0 Å². The molecular formula is C22H24N4O3. The molecule has 150 valence electrons. The number of benzene rings is 1. The van der Waals surface area contributed by atoms with Gasteiger partial charge in [0.2, 0.25) is 0 Å². The zero-order chi connectivity index (χ0) is 20.4. The van der Waals surface area contributed by atoms with Crippen molar-refractivity contribution in [3.63, 3.8) is 0 Å². The summed E-state index contributed by atoms with van der Waals surface area (Å²) in [6.07, 6.45) is 5.01. The number of fused-ring (bicyclic) bond motifs is 1. The summed E-state index contributed by atoms with van der Waals surface area (Å²) in [7, 11) is 0. The summed E-state index contributed by atoms with van der Waals surface area (Å²) in [5, 5.41) is 0. The van der Waals surface area contributed by atoms with Crippen LogP contribution in [0.3, 0.4) is 0 Å². The zero-order valence-electron chi connectivity index (χ0n) is 16.7. The van der Waals surface area contributed by atoms with Gasteiger partial charge in [0.05, 0.1) is 18.2 Å². The topological polar surface area (TPSA) is 77.3 Å². The minimum atomic E-state index is -0.251. The van der Waals surface area contributed by atoms with Crippen LogP contribution in [0.1, 0.15) is 35.7 Å². The highest BCUT2D eigenvalue weighted by Gasteiger charge is 2.30. The maximum absolute atomic E-state index is 13.2. The van der Waals surface area contributed by atoms with E-state index in [0.29, 0.717) is 25.3 Å². The number of likely N-dealkylation sites (tertiary alicyclic amines) is 1. The average molecular weight is 392 g/mol. The first-order chi connectivity index (χ1) is 14.1. The van der Waals surface area contributed by atoms with Gasteiger partial charge in [-0.15, -0.1) is 0 Å². The Morgan fingerprint density at radius 2 is 2.10 bits per heavy atom. The van der Waals surface area contributed by atoms with Gasteiger partial charge < -0.3 is 9.64 Å². The molecule has 1 aromatic carbocycles. The van der Waals surface area contributed by atoms with Crippen LogP contribution in [0.4, 0.5) is 0 Å². The molecule has 0 radical (unpaired) electrons. The Kier molecular flexibility index (Phi) is 5.29. The second kappa shape index (κ2) is 8.03. The third kappa shape index (κ3) is 3.72. The molecule has 3 heterocycles. The summed E-state index contributed by atoms with van der Waals surface area (Å²) in [6.45, 7) is 5.20. The molecule has 2 aromatic heterocycles. The highest BCUT2D eigenvalue weighted by Crippen LogP contribution is 2.24. The molecule has 4 rings (SSSR count). The van der Waals surface area contributed by atoms with E-state index in [0.717, 1.165) is 35.3 Å². The lowest BCUT2D eigenvalue weighted by atomic mass is 9.97. The monoisotopic (exact) mass is 392 g/mol. The third-order valence-corrected chi connectivity index (χ3v) is 5.35. The van der Waals surface area contributed by atoms with E-state index in [2.05, 4.69) is 9.97 Å². The molecule has 1 aliphatic heterocycles. The molecule has 0 bridgehead atoms. The van der Waals surface area contributed by atoms with Crippen LogP contribution < -0.4 is 0 Å². The van der Waals surface area contributed by atoms with E-state index >= 15 is 0 Å². The van der Waals surface area contributed by atoms with Crippen LogP contribution in [0, 0.1) is 12.8 Å². The smallest absolute Gasteiger partial charge is 0.310 e. The molecule has 1 fully saturated rings. The number of aryl methyl sites for hydroxylation is 1. The number of piperidine rings is 1. The first-order valence-corrected chi connectivity index (χ1v) is 9.93. The Morgan fingerprint density at radius 1 is 1.24 bits per heavy atom. The number of pyridine rings is 1. The molecule has 0 aliphatic carbocycles. The lowest BCUT2D eigenvalue weighted by Crippen LogP contribution is -2.42. The van der Waals surface area contributed by atoms with E-state index in [9.17, 15) is 9.59 Å². The van der Waals surface area contributed by atoms with Crippen molar-refractivity contribution in [1.29, 1.82) is 0 Å². The number of amides is 1. The molecule has 7 nitrogen and oxygen atoms in total. The number of imidazole rings is 1. The van der Waals surface area contributed by atoms with Gasteiger partial charge in [0, 0.05) is 24.8 Å². The predicted molar refractivity (Wildman–Crippen MR) is 109 cm³/mol. The van der Waals surface area contributed by atoms with E-state index in [1.54, 1.807) is 24.3 Å². The fourth-order valence-corrected chi connectivity index (χ4v) is 3.82. The summed E-state index contributed by atoms with van der Waals surface area (Å²) in [5.74, 6) is -0.539. The van der Waals surface area contributed by atoms with Crippen molar-refractivity contribution >= 4 is 23.0 Å². The van der Waals surface area contributed by atoms with Crippen molar-refractivity contribution in [1.82, 2.24) is 19.4 Å². The van der Waals surface area contributed by atoms with Gasteiger partial charge in [-0.05, 0) is 56.5 Å². The maximum Gasteiger partial charge on any atom is 0.310 e. The lowest BCUT2D eigenvalue weighted by molar-refractivity contribution is -0.149. The van der Waals surface area contributed by atoms with E-state index in [4.69, 9.17) is 4.74 Å². The summed E-state index contributed by atoms with van der Waals surface area (Å²) in [5.41, 5.74) is 4.04. The van der Waals surface area contributed by atoms with Crippen molar-refractivity contribution in [2.75, 3.05) is 19.7 Å². The van der Waals surface area contributed by atoms with Crippen LogP contribution in [-0.2, 0) is 9.53 Å². The molecule has 1 unspecified atom stereocenters. The second-order valence-corrected chi connectivity index (χ2v) is 7.30.